The maximum absolute atomic E-state index is 5.39. The highest BCUT2D eigenvalue weighted by atomic mass is 16.5. The van der Waals surface area contributed by atoms with E-state index in [1.807, 2.05) is 0 Å². The lowest BCUT2D eigenvalue weighted by Gasteiger charge is -2.07. The summed E-state index contributed by atoms with van der Waals surface area (Å²) in [6.45, 7) is 5.18. The van der Waals surface area contributed by atoms with Gasteiger partial charge in [-0.2, -0.15) is 0 Å². The highest BCUT2D eigenvalue weighted by molar-refractivity contribution is 4.66. The van der Waals surface area contributed by atoms with Crippen LogP contribution in [0.15, 0.2) is 0 Å². The molecule has 0 aromatic carbocycles. The van der Waals surface area contributed by atoms with Gasteiger partial charge in [0.15, 0.2) is 0 Å². The van der Waals surface area contributed by atoms with Gasteiger partial charge in [-0.3, -0.25) is 0 Å². The molecule has 0 unspecified atom stereocenters. The van der Waals surface area contributed by atoms with E-state index in [0.717, 1.165) is 19.7 Å². The van der Waals surface area contributed by atoms with Crippen molar-refractivity contribution < 1.29 is 4.74 Å². The van der Waals surface area contributed by atoms with E-state index in [1.165, 1.54) is 12.8 Å². The smallest absolute Gasteiger partial charge is 0.0700 e. The summed E-state index contributed by atoms with van der Waals surface area (Å²) in [7, 11) is 0. The van der Waals surface area contributed by atoms with Crippen LogP contribution >= 0.6 is 0 Å². The second-order valence-corrected chi connectivity index (χ2v) is 2.44. The van der Waals surface area contributed by atoms with Gasteiger partial charge in [0.05, 0.1) is 6.10 Å². The Morgan fingerprint density at radius 2 is 2.56 bits per heavy atom. The molecule has 0 radical (unpaired) electrons. The fourth-order valence-corrected chi connectivity index (χ4v) is 1.11. The van der Waals surface area contributed by atoms with Crippen molar-refractivity contribution in [1.29, 1.82) is 0 Å². The van der Waals surface area contributed by atoms with Gasteiger partial charge in [-0.05, 0) is 19.4 Å². The lowest BCUT2D eigenvalue weighted by Crippen LogP contribution is -2.25. The zero-order valence-electron chi connectivity index (χ0n) is 6.02. The fourth-order valence-electron chi connectivity index (χ4n) is 1.11. The third kappa shape index (κ3) is 2.33. The Kier molecular flexibility index (Phi) is 3.01. The number of hydrogen-bond acceptors (Lipinski definition) is 2. The Morgan fingerprint density at radius 1 is 1.67 bits per heavy atom. The van der Waals surface area contributed by atoms with Crippen molar-refractivity contribution in [2.24, 2.45) is 0 Å². The van der Waals surface area contributed by atoms with Crippen molar-refractivity contribution in [3.05, 3.63) is 0 Å². The summed E-state index contributed by atoms with van der Waals surface area (Å²) in [4.78, 5) is 0. The van der Waals surface area contributed by atoms with E-state index >= 15 is 0 Å². The molecule has 0 aromatic heterocycles. The SMILES string of the molecule is CCNC[C@@H]1CCCO1. The summed E-state index contributed by atoms with van der Waals surface area (Å²) in [5, 5.41) is 3.27. The summed E-state index contributed by atoms with van der Waals surface area (Å²) >= 11 is 0. The van der Waals surface area contributed by atoms with E-state index in [1.54, 1.807) is 0 Å². The van der Waals surface area contributed by atoms with Gasteiger partial charge in [0.25, 0.3) is 0 Å². The highest BCUT2D eigenvalue weighted by Gasteiger charge is 2.13. The third-order valence-electron chi connectivity index (χ3n) is 1.65. The number of ether oxygens (including phenoxy) is 1. The Balaban J connectivity index is 1.98. The van der Waals surface area contributed by atoms with Crippen molar-refractivity contribution in [2.75, 3.05) is 19.7 Å². The van der Waals surface area contributed by atoms with Crippen molar-refractivity contribution in [3.8, 4) is 0 Å². The Hall–Kier alpha value is -0.0800. The largest absolute Gasteiger partial charge is 0.377 e. The predicted octanol–water partition coefficient (Wildman–Crippen LogP) is 0.775. The first-order valence-electron chi connectivity index (χ1n) is 3.76. The molecule has 1 fully saturated rings. The van der Waals surface area contributed by atoms with Crippen LogP contribution in [-0.2, 0) is 4.74 Å². The second kappa shape index (κ2) is 3.85. The molecule has 0 saturated carbocycles. The summed E-state index contributed by atoms with van der Waals surface area (Å²) < 4.78 is 5.39. The van der Waals surface area contributed by atoms with E-state index in [-0.39, 0.29) is 0 Å². The van der Waals surface area contributed by atoms with Gasteiger partial charge in [0.1, 0.15) is 0 Å². The minimum Gasteiger partial charge on any atom is -0.377 e. The minimum atomic E-state index is 0.505. The van der Waals surface area contributed by atoms with Crippen LogP contribution in [0.1, 0.15) is 19.8 Å². The van der Waals surface area contributed by atoms with Crippen LogP contribution in [0.25, 0.3) is 0 Å². The van der Waals surface area contributed by atoms with Gasteiger partial charge in [0.2, 0.25) is 0 Å². The van der Waals surface area contributed by atoms with Gasteiger partial charge in [-0.25, -0.2) is 0 Å². The first-order valence-corrected chi connectivity index (χ1v) is 3.76. The zero-order chi connectivity index (χ0) is 6.53. The molecule has 1 saturated heterocycles. The van der Waals surface area contributed by atoms with Crippen LogP contribution in [0.4, 0.5) is 0 Å². The summed E-state index contributed by atoms with van der Waals surface area (Å²) in [5.41, 5.74) is 0. The first kappa shape index (κ1) is 7.03. The van der Waals surface area contributed by atoms with Crippen LogP contribution < -0.4 is 5.32 Å². The summed E-state index contributed by atoms with van der Waals surface area (Å²) in [6.07, 6.45) is 2.99. The molecule has 0 aromatic rings. The molecule has 1 N–H and O–H groups in total. The van der Waals surface area contributed by atoms with E-state index in [2.05, 4.69) is 12.2 Å². The molecular weight excluding hydrogens is 114 g/mol. The standard InChI is InChI=1S/C7H15NO/c1-2-8-6-7-4-3-5-9-7/h7-8H,2-6H2,1H3/t7-/m0/s1. The molecule has 0 bridgehead atoms. The van der Waals surface area contributed by atoms with Crippen LogP contribution in [0.3, 0.4) is 0 Å². The van der Waals surface area contributed by atoms with Gasteiger partial charge in [-0.15, -0.1) is 0 Å². The van der Waals surface area contributed by atoms with E-state index < -0.39 is 0 Å². The topological polar surface area (TPSA) is 21.3 Å². The molecule has 1 heterocycles. The molecule has 0 amide bonds. The fraction of sp³-hybridized carbons (Fsp3) is 1.00. The zero-order valence-corrected chi connectivity index (χ0v) is 6.02. The normalized spacial score (nSPS) is 27.0. The van der Waals surface area contributed by atoms with Gasteiger partial charge < -0.3 is 10.1 Å². The Morgan fingerprint density at radius 3 is 3.11 bits per heavy atom. The highest BCUT2D eigenvalue weighted by Crippen LogP contribution is 2.09. The molecule has 0 spiro atoms. The molecule has 54 valence electrons. The number of nitrogens with one attached hydrogen (secondary N) is 1. The second-order valence-electron chi connectivity index (χ2n) is 2.44. The molecule has 1 aliphatic rings. The Bertz CT molecular complexity index is 69.3. The van der Waals surface area contributed by atoms with E-state index in [4.69, 9.17) is 4.74 Å². The number of rotatable bonds is 3. The molecule has 1 rings (SSSR count). The van der Waals surface area contributed by atoms with E-state index in [9.17, 15) is 0 Å². The molecule has 2 nitrogen and oxygen atoms in total. The van der Waals surface area contributed by atoms with Crippen molar-refractivity contribution in [1.82, 2.24) is 5.32 Å². The van der Waals surface area contributed by atoms with Gasteiger partial charge >= 0.3 is 0 Å². The summed E-state index contributed by atoms with van der Waals surface area (Å²) in [6, 6.07) is 0. The first-order chi connectivity index (χ1) is 4.43. The molecule has 0 aliphatic carbocycles. The van der Waals surface area contributed by atoms with Gasteiger partial charge in [-0.1, -0.05) is 6.92 Å². The maximum Gasteiger partial charge on any atom is 0.0700 e. The molecule has 1 aliphatic heterocycles. The van der Waals surface area contributed by atoms with Crippen LogP contribution in [-0.4, -0.2) is 25.8 Å². The Labute approximate surface area is 56.6 Å². The average molecular weight is 129 g/mol. The summed E-state index contributed by atoms with van der Waals surface area (Å²) in [5.74, 6) is 0. The molecule has 9 heavy (non-hydrogen) atoms. The number of hydrogen-bond donors (Lipinski definition) is 1. The lowest BCUT2D eigenvalue weighted by molar-refractivity contribution is 0.110. The van der Waals surface area contributed by atoms with Crippen molar-refractivity contribution >= 4 is 0 Å². The van der Waals surface area contributed by atoms with Crippen molar-refractivity contribution in [2.45, 2.75) is 25.9 Å². The average Bonchev–Trinajstić information content (AvgIpc) is 2.34. The molecular formula is C7H15NO. The quantitative estimate of drug-likeness (QED) is 0.608. The van der Waals surface area contributed by atoms with Crippen LogP contribution in [0.2, 0.25) is 0 Å². The monoisotopic (exact) mass is 129 g/mol. The van der Waals surface area contributed by atoms with Crippen LogP contribution in [0, 0.1) is 0 Å². The van der Waals surface area contributed by atoms with Crippen LogP contribution in [0.5, 0.6) is 0 Å². The third-order valence-corrected chi connectivity index (χ3v) is 1.65. The molecule has 1 atom stereocenters. The lowest BCUT2D eigenvalue weighted by atomic mass is 10.2. The number of likely N-dealkylation sites (N-methyl/N-ethyl adjacent to an activating group) is 1. The van der Waals surface area contributed by atoms with Crippen molar-refractivity contribution in [3.63, 3.8) is 0 Å². The maximum atomic E-state index is 5.39. The van der Waals surface area contributed by atoms with E-state index in [0.29, 0.717) is 6.10 Å². The minimum absolute atomic E-state index is 0.505. The molecule has 2 heteroatoms. The van der Waals surface area contributed by atoms with Gasteiger partial charge in [0, 0.05) is 13.2 Å². The predicted molar refractivity (Wildman–Crippen MR) is 37.5 cm³/mol.